The molecule has 26 heavy (non-hydrogen) atoms. The van der Waals surface area contributed by atoms with Gasteiger partial charge in [0.05, 0.1) is 5.92 Å². The van der Waals surface area contributed by atoms with Crippen molar-refractivity contribution in [3.63, 3.8) is 0 Å². The second-order valence-corrected chi connectivity index (χ2v) is 8.36. The fourth-order valence-electron chi connectivity index (χ4n) is 4.27. The number of carbonyl (C=O) groups excluding carboxylic acids is 2. The van der Waals surface area contributed by atoms with Crippen molar-refractivity contribution in [1.82, 2.24) is 10.2 Å². The van der Waals surface area contributed by atoms with Gasteiger partial charge in [0, 0.05) is 25.6 Å². The SMILES string of the molecule is Cc1ccc(CCN2C[C@H](C(=O)N[C@@H]3CCC[C@@H](C)[C@@H]3C)CC2=O)cc1. The molecule has 142 valence electrons. The topological polar surface area (TPSA) is 49.4 Å². The summed E-state index contributed by atoms with van der Waals surface area (Å²) in [6.07, 6.45) is 4.70. The Bertz CT molecular complexity index is 640. The van der Waals surface area contributed by atoms with E-state index in [9.17, 15) is 9.59 Å². The number of benzene rings is 1. The molecular weight excluding hydrogens is 324 g/mol. The molecule has 4 atom stereocenters. The van der Waals surface area contributed by atoms with E-state index in [0.717, 1.165) is 12.8 Å². The van der Waals surface area contributed by atoms with Crippen molar-refractivity contribution < 1.29 is 9.59 Å². The summed E-state index contributed by atoms with van der Waals surface area (Å²) >= 11 is 0. The zero-order valence-electron chi connectivity index (χ0n) is 16.3. The van der Waals surface area contributed by atoms with E-state index in [1.807, 2.05) is 4.90 Å². The summed E-state index contributed by atoms with van der Waals surface area (Å²) in [6.45, 7) is 7.85. The third-order valence-electron chi connectivity index (χ3n) is 6.41. The molecule has 0 unspecified atom stereocenters. The molecule has 1 saturated heterocycles. The highest BCUT2D eigenvalue weighted by molar-refractivity contribution is 5.89. The van der Waals surface area contributed by atoms with Gasteiger partial charge in [-0.05, 0) is 37.2 Å². The first-order valence-electron chi connectivity index (χ1n) is 10.1. The molecule has 1 N–H and O–H groups in total. The lowest BCUT2D eigenvalue weighted by molar-refractivity contribution is -0.129. The quantitative estimate of drug-likeness (QED) is 0.880. The lowest BCUT2D eigenvalue weighted by atomic mass is 9.78. The second kappa shape index (κ2) is 8.24. The summed E-state index contributed by atoms with van der Waals surface area (Å²) in [5.41, 5.74) is 2.48. The number of hydrogen-bond acceptors (Lipinski definition) is 2. The van der Waals surface area contributed by atoms with E-state index in [1.165, 1.54) is 24.0 Å². The van der Waals surface area contributed by atoms with Crippen LogP contribution in [0.2, 0.25) is 0 Å². The predicted molar refractivity (Wildman–Crippen MR) is 104 cm³/mol. The molecule has 2 fully saturated rings. The average Bonchev–Trinajstić information content (AvgIpc) is 2.99. The summed E-state index contributed by atoms with van der Waals surface area (Å²) in [5.74, 6) is 1.17. The van der Waals surface area contributed by atoms with E-state index in [4.69, 9.17) is 0 Å². The van der Waals surface area contributed by atoms with Crippen LogP contribution in [0.4, 0.5) is 0 Å². The van der Waals surface area contributed by atoms with E-state index >= 15 is 0 Å². The van der Waals surface area contributed by atoms with Crippen molar-refractivity contribution in [2.24, 2.45) is 17.8 Å². The number of amides is 2. The van der Waals surface area contributed by atoms with Crippen LogP contribution in [0.1, 0.15) is 50.7 Å². The van der Waals surface area contributed by atoms with Gasteiger partial charge in [0.2, 0.25) is 11.8 Å². The normalized spacial score (nSPS) is 29.0. The van der Waals surface area contributed by atoms with Crippen molar-refractivity contribution in [3.8, 4) is 0 Å². The molecular formula is C22H32N2O2. The first-order chi connectivity index (χ1) is 12.4. The van der Waals surface area contributed by atoms with Crippen LogP contribution >= 0.6 is 0 Å². The highest BCUT2D eigenvalue weighted by atomic mass is 16.2. The van der Waals surface area contributed by atoms with Crippen LogP contribution in [0.25, 0.3) is 0 Å². The number of nitrogens with one attached hydrogen (secondary N) is 1. The average molecular weight is 357 g/mol. The van der Waals surface area contributed by atoms with Crippen LogP contribution in [-0.2, 0) is 16.0 Å². The maximum atomic E-state index is 12.7. The number of aryl methyl sites for hydroxylation is 1. The number of hydrogen-bond donors (Lipinski definition) is 1. The summed E-state index contributed by atoms with van der Waals surface area (Å²) in [5, 5.41) is 3.24. The summed E-state index contributed by atoms with van der Waals surface area (Å²) in [7, 11) is 0. The third kappa shape index (κ3) is 4.46. The molecule has 0 bridgehead atoms. The molecule has 4 heteroatoms. The Balaban J connectivity index is 1.50. The predicted octanol–water partition coefficient (Wildman–Crippen LogP) is 3.33. The fraction of sp³-hybridized carbons (Fsp3) is 0.636. The molecule has 1 saturated carbocycles. The Morgan fingerprint density at radius 3 is 2.65 bits per heavy atom. The molecule has 1 aliphatic heterocycles. The number of nitrogens with zero attached hydrogens (tertiary/aromatic N) is 1. The van der Waals surface area contributed by atoms with E-state index < -0.39 is 0 Å². The monoisotopic (exact) mass is 356 g/mol. The van der Waals surface area contributed by atoms with Gasteiger partial charge in [0.25, 0.3) is 0 Å². The van der Waals surface area contributed by atoms with Gasteiger partial charge in [-0.25, -0.2) is 0 Å². The molecule has 1 aromatic carbocycles. The Labute approximate surface area is 157 Å². The van der Waals surface area contributed by atoms with Gasteiger partial charge in [0.15, 0.2) is 0 Å². The van der Waals surface area contributed by atoms with Gasteiger partial charge in [-0.15, -0.1) is 0 Å². The Morgan fingerprint density at radius 1 is 1.19 bits per heavy atom. The molecule has 4 nitrogen and oxygen atoms in total. The van der Waals surface area contributed by atoms with Crippen LogP contribution in [0, 0.1) is 24.7 Å². The summed E-state index contributed by atoms with van der Waals surface area (Å²) < 4.78 is 0. The third-order valence-corrected chi connectivity index (χ3v) is 6.41. The maximum absolute atomic E-state index is 12.7. The van der Waals surface area contributed by atoms with Gasteiger partial charge in [-0.1, -0.05) is 56.5 Å². The van der Waals surface area contributed by atoms with Crippen molar-refractivity contribution in [2.45, 2.75) is 58.9 Å². The summed E-state index contributed by atoms with van der Waals surface area (Å²) in [4.78, 5) is 26.9. The van der Waals surface area contributed by atoms with E-state index in [1.54, 1.807) is 0 Å². The van der Waals surface area contributed by atoms with Gasteiger partial charge in [-0.2, -0.15) is 0 Å². The van der Waals surface area contributed by atoms with E-state index in [0.29, 0.717) is 31.3 Å². The molecule has 3 rings (SSSR count). The maximum Gasteiger partial charge on any atom is 0.225 e. The largest absolute Gasteiger partial charge is 0.353 e. The number of carbonyl (C=O) groups is 2. The van der Waals surface area contributed by atoms with Gasteiger partial charge in [0.1, 0.15) is 0 Å². The summed E-state index contributed by atoms with van der Waals surface area (Å²) in [6, 6.07) is 8.70. The lowest BCUT2D eigenvalue weighted by Crippen LogP contribution is -2.46. The first kappa shape index (κ1) is 18.9. The molecule has 2 amide bonds. The standard InChI is InChI=1S/C22H32N2O2/c1-15-7-9-18(10-8-15)11-12-24-14-19(13-21(24)25)22(26)23-20-6-4-5-16(2)17(20)3/h7-10,16-17,19-20H,4-6,11-14H2,1-3H3,(H,23,26)/t16-,17+,19-,20-/m1/s1. The van der Waals surface area contributed by atoms with Crippen LogP contribution in [-0.4, -0.2) is 35.8 Å². The van der Waals surface area contributed by atoms with Crippen molar-refractivity contribution in [1.29, 1.82) is 0 Å². The van der Waals surface area contributed by atoms with Crippen LogP contribution < -0.4 is 5.32 Å². The van der Waals surface area contributed by atoms with Crippen LogP contribution in [0.15, 0.2) is 24.3 Å². The molecule has 0 aromatic heterocycles. The molecule has 1 aliphatic carbocycles. The minimum Gasteiger partial charge on any atom is -0.353 e. The van der Waals surface area contributed by atoms with Gasteiger partial charge >= 0.3 is 0 Å². The van der Waals surface area contributed by atoms with Crippen LogP contribution in [0.5, 0.6) is 0 Å². The van der Waals surface area contributed by atoms with Crippen molar-refractivity contribution in [2.75, 3.05) is 13.1 Å². The zero-order valence-corrected chi connectivity index (χ0v) is 16.3. The number of likely N-dealkylation sites (tertiary alicyclic amines) is 1. The Morgan fingerprint density at radius 2 is 1.92 bits per heavy atom. The Hall–Kier alpha value is -1.84. The Kier molecular flexibility index (Phi) is 6.00. The minimum atomic E-state index is -0.190. The van der Waals surface area contributed by atoms with E-state index in [2.05, 4.69) is 50.4 Å². The smallest absolute Gasteiger partial charge is 0.225 e. The van der Waals surface area contributed by atoms with Gasteiger partial charge < -0.3 is 10.2 Å². The highest BCUT2D eigenvalue weighted by Crippen LogP contribution is 2.30. The molecule has 0 spiro atoms. The highest BCUT2D eigenvalue weighted by Gasteiger charge is 2.36. The second-order valence-electron chi connectivity index (χ2n) is 8.36. The first-order valence-corrected chi connectivity index (χ1v) is 10.1. The van der Waals surface area contributed by atoms with Gasteiger partial charge in [-0.3, -0.25) is 9.59 Å². The van der Waals surface area contributed by atoms with Crippen LogP contribution in [0.3, 0.4) is 0 Å². The number of rotatable bonds is 5. The molecule has 1 heterocycles. The lowest BCUT2D eigenvalue weighted by Gasteiger charge is -2.35. The molecule has 2 aliphatic rings. The zero-order chi connectivity index (χ0) is 18.7. The fourth-order valence-corrected chi connectivity index (χ4v) is 4.27. The van der Waals surface area contributed by atoms with Crippen molar-refractivity contribution >= 4 is 11.8 Å². The van der Waals surface area contributed by atoms with E-state index in [-0.39, 0.29) is 23.8 Å². The molecule has 1 aromatic rings. The minimum absolute atomic E-state index is 0.0714. The molecule has 0 radical (unpaired) electrons. The van der Waals surface area contributed by atoms with Crippen molar-refractivity contribution in [3.05, 3.63) is 35.4 Å².